The highest BCUT2D eigenvalue weighted by Gasteiger charge is 2.31. The molecule has 1 aromatic carbocycles. The third kappa shape index (κ3) is 5.12. The van der Waals surface area contributed by atoms with Gasteiger partial charge in [-0.05, 0) is 13.0 Å². The Balaban J connectivity index is 1.91. The third-order valence-corrected chi connectivity index (χ3v) is 4.09. The Morgan fingerprint density at radius 3 is 2.67 bits per heavy atom. The zero-order valence-electron chi connectivity index (χ0n) is 12.7. The minimum atomic E-state index is -4.79. The van der Waals surface area contributed by atoms with Crippen molar-refractivity contribution in [1.82, 2.24) is 9.88 Å². The minimum Gasteiger partial charge on any atom is -0.405 e. The Morgan fingerprint density at radius 1 is 1.33 bits per heavy atom. The fourth-order valence-corrected chi connectivity index (χ4v) is 2.81. The first-order valence-electron chi connectivity index (χ1n) is 7.01. The van der Waals surface area contributed by atoms with Gasteiger partial charge in [0.15, 0.2) is 0 Å². The van der Waals surface area contributed by atoms with E-state index in [1.54, 1.807) is 18.4 Å². The van der Waals surface area contributed by atoms with Crippen LogP contribution in [0, 0.1) is 6.92 Å². The molecule has 24 heavy (non-hydrogen) atoms. The monoisotopic (exact) mass is 360 g/mol. The number of para-hydroxylation sites is 1. The van der Waals surface area contributed by atoms with Crippen LogP contribution in [0.25, 0.3) is 0 Å². The molecule has 1 amide bonds. The molecule has 0 atom stereocenters. The number of hydrogen-bond donors (Lipinski definition) is 1. The molecule has 0 bridgehead atoms. The van der Waals surface area contributed by atoms with Gasteiger partial charge < -0.3 is 14.6 Å². The molecule has 5 nitrogen and oxygen atoms in total. The summed E-state index contributed by atoms with van der Waals surface area (Å²) in [5.41, 5.74) is 0.980. The number of hydrogen-bond acceptors (Lipinski definition) is 4. The van der Waals surface area contributed by atoms with Crippen LogP contribution in [-0.4, -0.2) is 16.8 Å². The highest BCUT2D eigenvalue weighted by molar-refractivity contribution is 7.07. The Morgan fingerprint density at radius 2 is 2.04 bits per heavy atom. The molecular formula is C15H15F3N2O3S. The van der Waals surface area contributed by atoms with E-state index >= 15 is 0 Å². The summed E-state index contributed by atoms with van der Waals surface area (Å²) < 4.78 is 42.4. The van der Waals surface area contributed by atoms with Gasteiger partial charge in [-0.2, -0.15) is 0 Å². The van der Waals surface area contributed by atoms with E-state index in [1.165, 1.54) is 22.8 Å². The van der Waals surface area contributed by atoms with Gasteiger partial charge in [-0.1, -0.05) is 29.5 Å². The van der Waals surface area contributed by atoms with Gasteiger partial charge in [-0.15, -0.1) is 13.2 Å². The predicted molar refractivity (Wildman–Crippen MR) is 82.9 cm³/mol. The fraction of sp³-hybridized carbons (Fsp3) is 0.333. The third-order valence-electron chi connectivity index (χ3n) is 3.21. The van der Waals surface area contributed by atoms with Gasteiger partial charge in [0.1, 0.15) is 5.75 Å². The van der Waals surface area contributed by atoms with Crippen molar-refractivity contribution in [2.75, 3.05) is 0 Å². The number of nitrogens with zero attached hydrogens (tertiary/aromatic N) is 1. The predicted octanol–water partition coefficient (Wildman–Crippen LogP) is 2.82. The first-order chi connectivity index (χ1) is 11.3. The SMILES string of the molecule is Cc1csc(=O)n1CCC(=O)NCc1ccccc1OC(F)(F)F. The molecule has 1 aromatic heterocycles. The lowest BCUT2D eigenvalue weighted by Crippen LogP contribution is -2.26. The van der Waals surface area contributed by atoms with Gasteiger partial charge in [-0.3, -0.25) is 9.59 Å². The molecule has 0 saturated carbocycles. The van der Waals surface area contributed by atoms with Crippen molar-refractivity contribution in [3.63, 3.8) is 0 Å². The van der Waals surface area contributed by atoms with Crippen molar-refractivity contribution in [2.24, 2.45) is 0 Å². The standard InChI is InChI=1S/C15H15F3N2O3S/c1-10-9-24-14(22)20(10)7-6-13(21)19-8-11-4-2-3-5-12(11)23-15(16,17)18/h2-5,9H,6-8H2,1H3,(H,19,21). The molecule has 2 rings (SSSR count). The topological polar surface area (TPSA) is 60.3 Å². The number of amides is 1. The van der Waals surface area contributed by atoms with Gasteiger partial charge >= 0.3 is 11.2 Å². The summed E-state index contributed by atoms with van der Waals surface area (Å²) in [5, 5.41) is 4.23. The molecule has 0 aliphatic rings. The zero-order chi connectivity index (χ0) is 17.7. The molecule has 0 fully saturated rings. The number of carbonyl (C=O) groups excluding carboxylic acids is 1. The Kier molecular flexibility index (Phi) is 5.66. The number of thiazole rings is 1. The van der Waals surface area contributed by atoms with Crippen LogP contribution in [0.3, 0.4) is 0 Å². The summed E-state index contributed by atoms with van der Waals surface area (Å²) in [6.45, 7) is 1.89. The van der Waals surface area contributed by atoms with Crippen LogP contribution in [0.1, 0.15) is 17.7 Å². The van der Waals surface area contributed by atoms with E-state index in [0.717, 1.165) is 17.0 Å². The van der Waals surface area contributed by atoms with Gasteiger partial charge in [0.05, 0.1) is 0 Å². The maximum absolute atomic E-state index is 12.3. The number of benzene rings is 1. The van der Waals surface area contributed by atoms with Crippen LogP contribution in [0.2, 0.25) is 0 Å². The molecule has 130 valence electrons. The number of aromatic nitrogens is 1. The molecule has 0 aliphatic carbocycles. The van der Waals surface area contributed by atoms with Crippen LogP contribution in [-0.2, 0) is 17.9 Å². The average Bonchev–Trinajstić information content (AvgIpc) is 2.81. The van der Waals surface area contributed by atoms with Gasteiger partial charge in [-0.25, -0.2) is 0 Å². The van der Waals surface area contributed by atoms with Crippen LogP contribution < -0.4 is 14.9 Å². The van der Waals surface area contributed by atoms with Crippen molar-refractivity contribution in [2.45, 2.75) is 32.8 Å². The second-order valence-electron chi connectivity index (χ2n) is 4.98. The summed E-state index contributed by atoms with van der Waals surface area (Å²) in [6, 6.07) is 5.59. The van der Waals surface area contributed by atoms with Gasteiger partial charge in [0.25, 0.3) is 0 Å². The first-order valence-corrected chi connectivity index (χ1v) is 7.89. The molecule has 0 aliphatic heterocycles. The number of nitrogens with one attached hydrogen (secondary N) is 1. The van der Waals surface area contributed by atoms with Gasteiger partial charge in [0.2, 0.25) is 5.91 Å². The van der Waals surface area contributed by atoms with Crippen LogP contribution in [0.15, 0.2) is 34.4 Å². The number of ether oxygens (including phenoxy) is 1. The van der Waals surface area contributed by atoms with E-state index in [9.17, 15) is 22.8 Å². The van der Waals surface area contributed by atoms with E-state index in [-0.39, 0.29) is 41.6 Å². The summed E-state index contributed by atoms with van der Waals surface area (Å²) >= 11 is 1.05. The number of halogens is 3. The Labute approximate surface area is 139 Å². The number of alkyl halides is 3. The number of aryl methyl sites for hydroxylation is 1. The molecular weight excluding hydrogens is 345 g/mol. The lowest BCUT2D eigenvalue weighted by atomic mass is 10.2. The van der Waals surface area contributed by atoms with Crippen molar-refractivity contribution in [1.29, 1.82) is 0 Å². The van der Waals surface area contributed by atoms with E-state index in [1.807, 2.05) is 0 Å². The maximum atomic E-state index is 12.3. The highest BCUT2D eigenvalue weighted by Crippen LogP contribution is 2.26. The zero-order valence-corrected chi connectivity index (χ0v) is 13.5. The lowest BCUT2D eigenvalue weighted by Gasteiger charge is -2.13. The summed E-state index contributed by atoms with van der Waals surface area (Å²) in [4.78, 5) is 23.2. The minimum absolute atomic E-state index is 0.0553. The first kappa shape index (κ1) is 18.1. The maximum Gasteiger partial charge on any atom is 0.573 e. The van der Waals surface area contributed by atoms with Crippen LogP contribution in [0.4, 0.5) is 13.2 Å². The largest absolute Gasteiger partial charge is 0.573 e. The second kappa shape index (κ2) is 7.52. The molecule has 2 aromatic rings. The Bertz CT molecular complexity index is 768. The summed E-state index contributed by atoms with van der Waals surface area (Å²) in [5.74, 6) is -0.718. The van der Waals surface area contributed by atoms with E-state index in [2.05, 4.69) is 10.1 Å². The molecule has 0 unspecified atom stereocenters. The van der Waals surface area contributed by atoms with Crippen molar-refractivity contribution >= 4 is 17.2 Å². The number of carbonyl (C=O) groups is 1. The van der Waals surface area contributed by atoms with E-state index < -0.39 is 6.36 Å². The molecule has 0 saturated heterocycles. The fourth-order valence-electron chi connectivity index (χ4n) is 2.04. The molecule has 0 spiro atoms. The van der Waals surface area contributed by atoms with Crippen LogP contribution in [0.5, 0.6) is 5.75 Å². The van der Waals surface area contributed by atoms with Crippen molar-refractivity contribution in [3.05, 3.63) is 50.6 Å². The second-order valence-corrected chi connectivity index (χ2v) is 5.80. The average molecular weight is 360 g/mol. The van der Waals surface area contributed by atoms with Gasteiger partial charge in [0, 0.05) is 36.1 Å². The quantitative estimate of drug-likeness (QED) is 0.862. The van der Waals surface area contributed by atoms with Crippen molar-refractivity contribution < 1.29 is 22.7 Å². The lowest BCUT2D eigenvalue weighted by molar-refractivity contribution is -0.274. The van der Waals surface area contributed by atoms with Crippen molar-refractivity contribution in [3.8, 4) is 5.75 Å². The number of rotatable bonds is 6. The molecule has 9 heteroatoms. The molecule has 0 radical (unpaired) electrons. The Hall–Kier alpha value is -2.29. The van der Waals surface area contributed by atoms with Crippen LogP contribution >= 0.6 is 11.3 Å². The summed E-state index contributed by atoms with van der Waals surface area (Å²) in [7, 11) is 0. The highest BCUT2D eigenvalue weighted by atomic mass is 32.1. The smallest absolute Gasteiger partial charge is 0.405 e. The van der Waals surface area contributed by atoms with E-state index in [4.69, 9.17) is 0 Å². The molecule has 1 N–H and O–H groups in total. The normalized spacial score (nSPS) is 11.3. The van der Waals surface area contributed by atoms with E-state index in [0.29, 0.717) is 0 Å². The summed E-state index contributed by atoms with van der Waals surface area (Å²) in [6.07, 6.45) is -4.74. The molecule has 1 heterocycles.